The third-order valence-corrected chi connectivity index (χ3v) is 2.37. The maximum absolute atomic E-state index is 10.8. The van der Waals surface area contributed by atoms with Gasteiger partial charge in [0.15, 0.2) is 0 Å². The summed E-state index contributed by atoms with van der Waals surface area (Å²) in [5.41, 5.74) is -0.686. The van der Waals surface area contributed by atoms with Crippen LogP contribution >= 0.6 is 0 Å². The molecule has 1 fully saturated rings. The zero-order chi connectivity index (χ0) is 8.77. The highest BCUT2D eigenvalue weighted by atomic mass is 16.4. The van der Waals surface area contributed by atoms with Crippen LogP contribution < -0.4 is 0 Å². The molecule has 0 saturated heterocycles. The van der Waals surface area contributed by atoms with E-state index in [9.17, 15) is 4.79 Å². The van der Waals surface area contributed by atoms with Gasteiger partial charge < -0.3 is 9.52 Å². The molecule has 0 bridgehead atoms. The molecule has 0 atom stereocenters. The summed E-state index contributed by atoms with van der Waals surface area (Å²) in [5.74, 6) is 0.613. The van der Waals surface area contributed by atoms with E-state index in [0.717, 1.165) is 5.76 Å². The van der Waals surface area contributed by atoms with E-state index < -0.39 is 11.4 Å². The van der Waals surface area contributed by atoms with Crippen molar-refractivity contribution in [1.82, 2.24) is 0 Å². The van der Waals surface area contributed by atoms with Gasteiger partial charge in [-0.05, 0) is 31.9 Å². The predicted molar refractivity (Wildman–Crippen MR) is 42.0 cm³/mol. The summed E-state index contributed by atoms with van der Waals surface area (Å²) in [6.07, 6.45) is 1.41. The standard InChI is InChI=1S/C9H10O3/c1-6-2-3-7(12-6)9(4-5-9)8(10)11/h2-3H,4-5H2,1H3,(H,10,11). The lowest BCUT2D eigenvalue weighted by atomic mass is 10.1. The number of rotatable bonds is 2. The lowest BCUT2D eigenvalue weighted by Gasteiger charge is -2.04. The zero-order valence-electron chi connectivity index (χ0n) is 6.83. The average molecular weight is 166 g/mol. The summed E-state index contributed by atoms with van der Waals surface area (Å²) >= 11 is 0. The van der Waals surface area contributed by atoms with E-state index >= 15 is 0 Å². The van der Waals surface area contributed by atoms with Crippen LogP contribution in [0.3, 0.4) is 0 Å². The Morgan fingerprint density at radius 2 is 2.25 bits per heavy atom. The summed E-state index contributed by atoms with van der Waals surface area (Å²) in [5, 5.41) is 8.91. The molecule has 0 radical (unpaired) electrons. The van der Waals surface area contributed by atoms with Gasteiger partial charge in [0.05, 0.1) is 0 Å². The fourth-order valence-corrected chi connectivity index (χ4v) is 1.38. The van der Waals surface area contributed by atoms with Gasteiger partial charge in [0.2, 0.25) is 0 Å². The highest BCUT2D eigenvalue weighted by molar-refractivity contribution is 5.83. The van der Waals surface area contributed by atoms with Crippen molar-refractivity contribution in [3.63, 3.8) is 0 Å². The largest absolute Gasteiger partial charge is 0.480 e. The molecule has 0 aliphatic heterocycles. The van der Waals surface area contributed by atoms with E-state index in [1.165, 1.54) is 0 Å². The third kappa shape index (κ3) is 0.858. The van der Waals surface area contributed by atoms with Crippen LogP contribution in [0, 0.1) is 6.92 Å². The first-order valence-corrected chi connectivity index (χ1v) is 3.95. The summed E-state index contributed by atoms with van der Waals surface area (Å²) in [4.78, 5) is 10.8. The lowest BCUT2D eigenvalue weighted by Crippen LogP contribution is -2.18. The van der Waals surface area contributed by atoms with Gasteiger partial charge in [0.25, 0.3) is 0 Å². The number of furan rings is 1. The van der Waals surface area contributed by atoms with Crippen molar-refractivity contribution in [2.24, 2.45) is 0 Å². The van der Waals surface area contributed by atoms with Crippen LogP contribution in [0.15, 0.2) is 16.5 Å². The van der Waals surface area contributed by atoms with Crippen molar-refractivity contribution in [2.45, 2.75) is 25.2 Å². The van der Waals surface area contributed by atoms with E-state index in [2.05, 4.69) is 0 Å². The van der Waals surface area contributed by atoms with Crippen molar-refractivity contribution in [3.05, 3.63) is 23.7 Å². The number of carboxylic acid groups (broad SMARTS) is 1. The predicted octanol–water partition coefficient (Wildman–Crippen LogP) is 1.70. The van der Waals surface area contributed by atoms with Crippen LogP contribution in [0.1, 0.15) is 24.4 Å². The fourth-order valence-electron chi connectivity index (χ4n) is 1.38. The molecule has 1 saturated carbocycles. The van der Waals surface area contributed by atoms with Crippen LogP contribution in [0.4, 0.5) is 0 Å². The lowest BCUT2D eigenvalue weighted by molar-refractivity contribution is -0.140. The fraction of sp³-hybridized carbons (Fsp3) is 0.444. The van der Waals surface area contributed by atoms with Gasteiger partial charge in [0, 0.05) is 0 Å². The average Bonchev–Trinajstić information content (AvgIpc) is 2.71. The Bertz CT molecular complexity index is 320. The molecule has 3 heteroatoms. The molecule has 0 amide bonds. The Kier molecular flexibility index (Phi) is 1.31. The number of carboxylic acids is 1. The van der Waals surface area contributed by atoms with E-state index in [1.54, 1.807) is 12.1 Å². The molecule has 3 nitrogen and oxygen atoms in total. The van der Waals surface area contributed by atoms with Gasteiger partial charge in [-0.25, -0.2) is 0 Å². The normalized spacial score (nSPS) is 19.1. The van der Waals surface area contributed by atoms with Crippen molar-refractivity contribution >= 4 is 5.97 Å². The summed E-state index contributed by atoms with van der Waals surface area (Å²) in [7, 11) is 0. The number of hydrogen-bond donors (Lipinski definition) is 1. The van der Waals surface area contributed by atoms with Crippen LogP contribution in [0.2, 0.25) is 0 Å². The van der Waals surface area contributed by atoms with Gasteiger partial charge in [-0.15, -0.1) is 0 Å². The molecule has 1 N–H and O–H groups in total. The van der Waals surface area contributed by atoms with Crippen LogP contribution in [0.5, 0.6) is 0 Å². The molecule has 1 aliphatic rings. The molecular weight excluding hydrogens is 156 g/mol. The van der Waals surface area contributed by atoms with Crippen molar-refractivity contribution in [2.75, 3.05) is 0 Å². The molecule has 12 heavy (non-hydrogen) atoms. The van der Waals surface area contributed by atoms with Crippen molar-refractivity contribution < 1.29 is 14.3 Å². The van der Waals surface area contributed by atoms with E-state index in [0.29, 0.717) is 18.6 Å². The monoisotopic (exact) mass is 166 g/mol. The first-order chi connectivity index (χ1) is 5.65. The smallest absolute Gasteiger partial charge is 0.317 e. The summed E-state index contributed by atoms with van der Waals surface area (Å²) in [6.45, 7) is 1.82. The van der Waals surface area contributed by atoms with Crippen LogP contribution in [-0.4, -0.2) is 11.1 Å². The van der Waals surface area contributed by atoms with Gasteiger partial charge in [-0.1, -0.05) is 0 Å². The van der Waals surface area contributed by atoms with Crippen molar-refractivity contribution in [3.8, 4) is 0 Å². The number of aliphatic carboxylic acids is 1. The third-order valence-electron chi connectivity index (χ3n) is 2.37. The van der Waals surface area contributed by atoms with Gasteiger partial charge in [-0.3, -0.25) is 4.79 Å². The molecule has 1 heterocycles. The maximum Gasteiger partial charge on any atom is 0.317 e. The highest BCUT2D eigenvalue weighted by Crippen LogP contribution is 2.48. The second-order valence-corrected chi connectivity index (χ2v) is 3.30. The van der Waals surface area contributed by atoms with Crippen molar-refractivity contribution in [1.29, 1.82) is 0 Å². The summed E-state index contributed by atoms with van der Waals surface area (Å²) in [6, 6.07) is 3.56. The van der Waals surface area contributed by atoms with Gasteiger partial charge in [-0.2, -0.15) is 0 Å². The molecule has 0 unspecified atom stereocenters. The number of hydrogen-bond acceptors (Lipinski definition) is 2. The molecule has 0 aromatic carbocycles. The Balaban J connectivity index is 2.36. The minimum absolute atomic E-state index is 0.604. The molecular formula is C9H10O3. The first kappa shape index (κ1) is 7.40. The maximum atomic E-state index is 10.8. The Hall–Kier alpha value is -1.25. The van der Waals surface area contributed by atoms with Gasteiger partial charge in [0.1, 0.15) is 16.9 Å². The zero-order valence-corrected chi connectivity index (χ0v) is 6.83. The van der Waals surface area contributed by atoms with E-state index in [-0.39, 0.29) is 0 Å². The second-order valence-electron chi connectivity index (χ2n) is 3.30. The Labute approximate surface area is 70.0 Å². The Morgan fingerprint density at radius 1 is 1.58 bits per heavy atom. The van der Waals surface area contributed by atoms with Crippen LogP contribution in [0.25, 0.3) is 0 Å². The molecule has 1 aliphatic carbocycles. The molecule has 64 valence electrons. The highest BCUT2D eigenvalue weighted by Gasteiger charge is 2.54. The quantitative estimate of drug-likeness (QED) is 0.727. The molecule has 1 aromatic rings. The first-order valence-electron chi connectivity index (χ1n) is 3.95. The Morgan fingerprint density at radius 3 is 2.58 bits per heavy atom. The minimum atomic E-state index is -0.767. The molecule has 1 aromatic heterocycles. The van der Waals surface area contributed by atoms with Gasteiger partial charge >= 0.3 is 5.97 Å². The van der Waals surface area contributed by atoms with E-state index in [4.69, 9.17) is 9.52 Å². The number of carbonyl (C=O) groups is 1. The van der Waals surface area contributed by atoms with Crippen LogP contribution in [-0.2, 0) is 10.2 Å². The minimum Gasteiger partial charge on any atom is -0.480 e. The second kappa shape index (κ2) is 2.12. The number of aryl methyl sites for hydroxylation is 1. The van der Waals surface area contributed by atoms with E-state index in [1.807, 2.05) is 6.92 Å². The molecule has 0 spiro atoms. The SMILES string of the molecule is Cc1ccc(C2(C(=O)O)CC2)o1. The molecule has 2 rings (SSSR count). The summed E-state index contributed by atoms with van der Waals surface area (Å²) < 4.78 is 5.29. The topological polar surface area (TPSA) is 50.4 Å².